The molecule has 0 aromatic heterocycles. The van der Waals surface area contributed by atoms with Gasteiger partial charge in [0.1, 0.15) is 0 Å². The summed E-state index contributed by atoms with van der Waals surface area (Å²) in [5, 5.41) is 3.68. The van der Waals surface area contributed by atoms with Crippen molar-refractivity contribution >= 4 is 0 Å². The third kappa shape index (κ3) is 3.50. The summed E-state index contributed by atoms with van der Waals surface area (Å²) in [6.07, 6.45) is 2.63. The van der Waals surface area contributed by atoms with Gasteiger partial charge < -0.3 is 19.7 Å². The van der Waals surface area contributed by atoms with Crippen molar-refractivity contribution in [3.63, 3.8) is 0 Å². The monoisotopic (exact) mass is 290 g/mol. The first kappa shape index (κ1) is 14.7. The Morgan fingerprint density at radius 1 is 1.24 bits per heavy atom. The van der Waals surface area contributed by atoms with Crippen LogP contribution in [0.5, 0.6) is 11.5 Å². The lowest BCUT2D eigenvalue weighted by atomic mass is 9.96. The van der Waals surface area contributed by atoms with Crippen molar-refractivity contribution in [1.29, 1.82) is 0 Å². The molecule has 116 valence electrons. The van der Waals surface area contributed by atoms with Gasteiger partial charge in [-0.3, -0.25) is 0 Å². The first-order valence-corrected chi connectivity index (χ1v) is 8.11. The number of nitrogens with zero attached hydrogens (tertiary/aromatic N) is 1. The zero-order chi connectivity index (χ0) is 14.7. The number of likely N-dealkylation sites (tertiary alicyclic amines) is 1. The van der Waals surface area contributed by atoms with Crippen LogP contribution in [0.2, 0.25) is 0 Å². The van der Waals surface area contributed by atoms with Crippen molar-refractivity contribution in [2.75, 3.05) is 33.0 Å². The Balaban J connectivity index is 1.49. The van der Waals surface area contributed by atoms with Crippen molar-refractivity contribution in [3.05, 3.63) is 23.8 Å². The summed E-state index contributed by atoms with van der Waals surface area (Å²) in [6.45, 7) is 9.61. The average molecular weight is 290 g/mol. The second-order valence-corrected chi connectivity index (χ2v) is 6.12. The van der Waals surface area contributed by atoms with Crippen LogP contribution in [0.4, 0.5) is 0 Å². The van der Waals surface area contributed by atoms with Crippen molar-refractivity contribution < 1.29 is 9.47 Å². The van der Waals surface area contributed by atoms with E-state index in [9.17, 15) is 0 Å². The quantitative estimate of drug-likeness (QED) is 0.904. The van der Waals surface area contributed by atoms with Gasteiger partial charge in [0.15, 0.2) is 11.5 Å². The topological polar surface area (TPSA) is 33.7 Å². The number of hydrogen-bond acceptors (Lipinski definition) is 4. The molecule has 0 bridgehead atoms. The van der Waals surface area contributed by atoms with E-state index in [2.05, 4.69) is 36.2 Å². The maximum atomic E-state index is 5.45. The normalized spacial score (nSPS) is 20.7. The summed E-state index contributed by atoms with van der Waals surface area (Å²) >= 11 is 0. The van der Waals surface area contributed by atoms with Crippen molar-refractivity contribution in [2.45, 2.75) is 32.7 Å². The molecule has 4 nitrogen and oxygen atoms in total. The van der Waals surface area contributed by atoms with E-state index in [0.717, 1.165) is 24.0 Å². The molecule has 1 fully saturated rings. The van der Waals surface area contributed by atoms with Gasteiger partial charge in [0.05, 0.1) is 0 Å². The van der Waals surface area contributed by atoms with Gasteiger partial charge in [-0.25, -0.2) is 0 Å². The molecule has 4 heteroatoms. The second-order valence-electron chi connectivity index (χ2n) is 6.12. The van der Waals surface area contributed by atoms with Crippen molar-refractivity contribution in [2.24, 2.45) is 5.92 Å². The number of hydrogen-bond donors (Lipinski definition) is 1. The highest BCUT2D eigenvalue weighted by Crippen LogP contribution is 2.34. The highest BCUT2D eigenvalue weighted by Gasteiger charge is 2.19. The lowest BCUT2D eigenvalue weighted by molar-refractivity contribution is 0.174. The summed E-state index contributed by atoms with van der Waals surface area (Å²) in [7, 11) is 0. The molecule has 1 aromatic rings. The van der Waals surface area contributed by atoms with E-state index in [0.29, 0.717) is 12.8 Å². The fourth-order valence-electron chi connectivity index (χ4n) is 3.15. The highest BCUT2D eigenvalue weighted by molar-refractivity contribution is 5.45. The minimum Gasteiger partial charge on any atom is -0.454 e. The van der Waals surface area contributed by atoms with Gasteiger partial charge in [0.2, 0.25) is 6.79 Å². The Morgan fingerprint density at radius 3 is 2.76 bits per heavy atom. The predicted octanol–water partition coefficient (Wildman–Crippen LogP) is 2.80. The molecule has 1 saturated heterocycles. The molecule has 0 aliphatic carbocycles. The van der Waals surface area contributed by atoms with Crippen LogP contribution >= 0.6 is 0 Å². The lowest BCUT2D eigenvalue weighted by Gasteiger charge is -2.31. The van der Waals surface area contributed by atoms with Crippen LogP contribution in [0.25, 0.3) is 0 Å². The number of benzene rings is 1. The minimum atomic E-state index is 0.344. The molecule has 1 N–H and O–H groups in total. The molecular weight excluding hydrogens is 264 g/mol. The van der Waals surface area contributed by atoms with Crippen LogP contribution in [-0.2, 0) is 0 Å². The molecule has 2 aliphatic rings. The predicted molar refractivity (Wildman–Crippen MR) is 83.8 cm³/mol. The molecule has 3 rings (SSSR count). The van der Waals surface area contributed by atoms with Crippen LogP contribution in [0.3, 0.4) is 0 Å². The van der Waals surface area contributed by atoms with Crippen LogP contribution in [0.15, 0.2) is 18.2 Å². The molecule has 1 atom stereocenters. The summed E-state index contributed by atoms with van der Waals surface area (Å²) in [6, 6.07) is 6.59. The minimum absolute atomic E-state index is 0.344. The van der Waals surface area contributed by atoms with Crippen molar-refractivity contribution in [3.8, 4) is 11.5 Å². The average Bonchev–Trinajstić information content (AvgIpc) is 3.00. The van der Waals surface area contributed by atoms with Crippen LogP contribution in [0, 0.1) is 5.92 Å². The zero-order valence-electron chi connectivity index (χ0n) is 13.1. The smallest absolute Gasteiger partial charge is 0.231 e. The molecule has 1 unspecified atom stereocenters. The number of rotatable bonds is 5. The second kappa shape index (κ2) is 6.67. The van der Waals surface area contributed by atoms with E-state index in [1.54, 1.807) is 0 Å². The van der Waals surface area contributed by atoms with E-state index >= 15 is 0 Å². The fourth-order valence-corrected chi connectivity index (χ4v) is 3.15. The molecule has 2 aliphatic heterocycles. The Hall–Kier alpha value is -1.26. The summed E-state index contributed by atoms with van der Waals surface area (Å²) in [5.41, 5.74) is 1.27. The first-order chi connectivity index (χ1) is 10.3. The largest absolute Gasteiger partial charge is 0.454 e. The lowest BCUT2D eigenvalue weighted by Crippen LogP contribution is -2.37. The van der Waals surface area contributed by atoms with E-state index in [-0.39, 0.29) is 0 Å². The summed E-state index contributed by atoms with van der Waals surface area (Å²) in [5.74, 6) is 2.54. The maximum absolute atomic E-state index is 5.45. The molecule has 2 heterocycles. The van der Waals surface area contributed by atoms with E-state index < -0.39 is 0 Å². The van der Waals surface area contributed by atoms with Gasteiger partial charge in [-0.1, -0.05) is 13.0 Å². The van der Waals surface area contributed by atoms with Gasteiger partial charge in [-0.05, 0) is 69.6 Å². The van der Waals surface area contributed by atoms with E-state index in [4.69, 9.17) is 9.47 Å². The number of ether oxygens (including phenoxy) is 2. The SMILES string of the molecule is CCN1CCC(CNC(C)c2ccc3c(c2)OCO3)CC1. The third-order valence-electron chi connectivity index (χ3n) is 4.76. The fraction of sp³-hybridized carbons (Fsp3) is 0.647. The van der Waals surface area contributed by atoms with Crippen molar-refractivity contribution in [1.82, 2.24) is 10.2 Å². The van der Waals surface area contributed by atoms with Gasteiger partial charge in [-0.2, -0.15) is 0 Å². The summed E-state index contributed by atoms with van der Waals surface area (Å²) in [4.78, 5) is 2.54. The molecule has 0 amide bonds. The Kier molecular flexibility index (Phi) is 4.66. The zero-order valence-corrected chi connectivity index (χ0v) is 13.1. The Labute approximate surface area is 127 Å². The van der Waals surface area contributed by atoms with Gasteiger partial charge in [0, 0.05) is 6.04 Å². The van der Waals surface area contributed by atoms with Gasteiger partial charge >= 0.3 is 0 Å². The Morgan fingerprint density at radius 2 is 2.00 bits per heavy atom. The molecule has 1 aromatic carbocycles. The van der Waals surface area contributed by atoms with Crippen LogP contribution < -0.4 is 14.8 Å². The van der Waals surface area contributed by atoms with Gasteiger partial charge in [0.25, 0.3) is 0 Å². The number of nitrogens with one attached hydrogen (secondary N) is 1. The highest BCUT2D eigenvalue weighted by atomic mass is 16.7. The Bertz CT molecular complexity index is 470. The first-order valence-electron chi connectivity index (χ1n) is 8.11. The molecule has 0 spiro atoms. The van der Waals surface area contributed by atoms with Crippen LogP contribution in [-0.4, -0.2) is 37.9 Å². The number of fused-ring (bicyclic) bond motifs is 1. The van der Waals surface area contributed by atoms with Gasteiger partial charge in [-0.15, -0.1) is 0 Å². The number of piperidine rings is 1. The molecule has 0 saturated carbocycles. The molecule has 0 radical (unpaired) electrons. The standard InChI is InChI=1S/C17H26N2O2/c1-3-19-8-6-14(7-9-19)11-18-13(2)15-4-5-16-17(10-15)21-12-20-16/h4-5,10,13-14,18H,3,6-9,11-12H2,1-2H3. The maximum Gasteiger partial charge on any atom is 0.231 e. The third-order valence-corrected chi connectivity index (χ3v) is 4.76. The summed E-state index contributed by atoms with van der Waals surface area (Å²) < 4.78 is 10.8. The molecule has 21 heavy (non-hydrogen) atoms. The molecular formula is C17H26N2O2. The van der Waals surface area contributed by atoms with E-state index in [1.807, 2.05) is 6.07 Å². The van der Waals surface area contributed by atoms with Crippen LogP contribution in [0.1, 0.15) is 38.3 Å². The van der Waals surface area contributed by atoms with E-state index in [1.165, 1.54) is 38.0 Å².